The Morgan fingerprint density at radius 3 is 1.76 bits per heavy atom. The van der Waals surface area contributed by atoms with E-state index in [1.54, 1.807) is 4.90 Å². The number of pyridine rings is 1. The van der Waals surface area contributed by atoms with Crippen molar-refractivity contribution in [2.24, 2.45) is 0 Å². The van der Waals surface area contributed by atoms with Crippen molar-refractivity contribution in [1.82, 2.24) is 4.98 Å². The molecule has 2 heteroatoms. The third-order valence-electron chi connectivity index (χ3n) is 9.16. The highest BCUT2D eigenvalue weighted by molar-refractivity contribution is 6.27. The molecular weight excluding hydrogens is 593 g/mol. The number of para-hydroxylation sites is 2. The molecule has 2 nitrogen and oxygen atoms in total. The monoisotopic (exact) mass is 629 g/mol. The lowest BCUT2D eigenvalue weighted by Crippen LogP contribution is -2.09. The van der Waals surface area contributed by atoms with Gasteiger partial charge >= 0.3 is 0 Å². The molecule has 230 valence electrons. The van der Waals surface area contributed by atoms with Gasteiger partial charge in [-0.15, -0.1) is 0 Å². The summed E-state index contributed by atoms with van der Waals surface area (Å²) in [6.45, 7) is 0. The summed E-state index contributed by atoms with van der Waals surface area (Å²) in [5.41, 5.74) is 8.95. The van der Waals surface area contributed by atoms with Crippen LogP contribution in [-0.2, 0) is 0 Å². The molecule has 8 aromatic carbocycles. The van der Waals surface area contributed by atoms with Crippen LogP contribution in [0.5, 0.6) is 0 Å². The minimum Gasteiger partial charge on any atom is -0.311 e. The Morgan fingerprint density at radius 2 is 1.04 bits per heavy atom. The Balaban J connectivity index is 1.27. The van der Waals surface area contributed by atoms with Crippen LogP contribution in [0.15, 0.2) is 194 Å². The van der Waals surface area contributed by atoms with Crippen molar-refractivity contribution in [2.75, 3.05) is 4.90 Å². The molecule has 0 radical (unpaired) electrons. The lowest BCUT2D eigenvalue weighted by atomic mass is 9.84. The Morgan fingerprint density at radius 1 is 0.429 bits per heavy atom. The predicted octanol–water partition coefficient (Wildman–Crippen LogP) is 13.0. The second-order valence-corrected chi connectivity index (χ2v) is 12.0. The molecule has 1 heterocycles. The number of hydrogen-bond donors (Lipinski definition) is 0. The van der Waals surface area contributed by atoms with Gasteiger partial charge in [0.05, 0.1) is 12.4 Å². The Kier molecular flexibility index (Phi) is 5.94. The maximum absolute atomic E-state index is 8.77. The largest absolute Gasteiger partial charge is 0.311 e. The Bertz CT molecular complexity index is 2830. The second kappa shape index (κ2) is 12.3. The highest BCUT2D eigenvalue weighted by atomic mass is 15.1. The van der Waals surface area contributed by atoms with Crippen molar-refractivity contribution >= 4 is 49.5 Å². The van der Waals surface area contributed by atoms with E-state index in [1.165, 1.54) is 0 Å². The van der Waals surface area contributed by atoms with Crippen LogP contribution < -0.4 is 4.90 Å². The van der Waals surface area contributed by atoms with E-state index in [2.05, 4.69) is 84.9 Å². The molecular formula is C47H32N2. The topological polar surface area (TPSA) is 16.1 Å². The van der Waals surface area contributed by atoms with Crippen LogP contribution >= 0.6 is 0 Å². The molecule has 0 spiro atoms. The van der Waals surface area contributed by atoms with E-state index in [-0.39, 0.29) is 29.9 Å². The zero-order valence-electron chi connectivity index (χ0n) is 31.5. The van der Waals surface area contributed by atoms with Crippen LogP contribution in [0, 0.1) is 0 Å². The van der Waals surface area contributed by atoms with Gasteiger partial charge in [0.1, 0.15) is 0 Å². The van der Waals surface area contributed by atoms with E-state index in [0.29, 0.717) is 11.4 Å². The van der Waals surface area contributed by atoms with Gasteiger partial charge in [0.25, 0.3) is 0 Å². The molecule has 0 saturated carbocycles. The van der Waals surface area contributed by atoms with Crippen molar-refractivity contribution in [3.8, 4) is 33.4 Å². The Labute approximate surface area is 293 Å². The summed E-state index contributed by atoms with van der Waals surface area (Å²) in [5, 5.41) is 5.59. The van der Waals surface area contributed by atoms with Crippen LogP contribution in [0.2, 0.25) is 0 Å². The summed E-state index contributed by atoms with van der Waals surface area (Å²) in [6.07, 6.45) is 1.87. The molecule has 1 aromatic heterocycles. The molecule has 0 saturated heterocycles. The third kappa shape index (κ3) is 5.11. The van der Waals surface area contributed by atoms with Gasteiger partial charge in [-0.3, -0.25) is 4.98 Å². The maximum Gasteiger partial charge on any atom is 0.0786 e. The van der Waals surface area contributed by atoms with Gasteiger partial charge in [0.15, 0.2) is 0 Å². The molecule has 9 rings (SSSR count). The molecule has 0 N–H and O–H groups in total. The fourth-order valence-electron chi connectivity index (χ4n) is 7.00. The van der Waals surface area contributed by atoms with Crippen molar-refractivity contribution in [3.63, 3.8) is 0 Å². The van der Waals surface area contributed by atoms with E-state index >= 15 is 0 Å². The first kappa shape index (κ1) is 23.8. The molecule has 0 atom stereocenters. The van der Waals surface area contributed by atoms with Crippen LogP contribution in [0.3, 0.4) is 0 Å². The minimum atomic E-state index is -0.420. The van der Waals surface area contributed by atoms with Gasteiger partial charge in [0, 0.05) is 34.0 Å². The Hall–Kier alpha value is -6.51. The fourth-order valence-corrected chi connectivity index (χ4v) is 7.00. The summed E-state index contributed by atoms with van der Waals surface area (Å²) in [5.74, 6) is 0. The fraction of sp³-hybridized carbons (Fsp3) is 0. The average Bonchev–Trinajstić information content (AvgIpc) is 3.23. The maximum atomic E-state index is 8.77. The molecule has 0 aliphatic rings. The summed E-state index contributed by atoms with van der Waals surface area (Å²) in [6, 6.07) is 51.8. The third-order valence-corrected chi connectivity index (χ3v) is 9.16. The van der Waals surface area contributed by atoms with Crippen LogP contribution in [-0.4, -0.2) is 4.98 Å². The van der Waals surface area contributed by atoms with Gasteiger partial charge in [0.2, 0.25) is 0 Å². The quantitative estimate of drug-likeness (QED) is 0.134. The molecule has 9 aromatic rings. The van der Waals surface area contributed by atoms with Crippen molar-refractivity contribution < 1.29 is 6.85 Å². The molecule has 0 bridgehead atoms. The molecule has 0 amide bonds. The van der Waals surface area contributed by atoms with Gasteiger partial charge < -0.3 is 4.90 Å². The molecule has 0 unspecified atom stereocenters. The van der Waals surface area contributed by atoms with Crippen molar-refractivity contribution in [1.29, 1.82) is 0 Å². The van der Waals surface area contributed by atoms with E-state index in [4.69, 9.17) is 11.8 Å². The standard InChI is InChI=1S/C47H32N2/c1-5-14-34(15-6-1)44-42-30-25-36-18-13-31-48-47(36)46(42)45(35-16-7-2-8-17-35)41-29-26-37(32-43(41)44)33-23-27-40(28-24-33)49(38-19-9-3-10-20-38)39-21-11-4-12-22-39/h1-32H/i3D,9D,10D,19D,20D. The number of nitrogens with zero attached hydrogens (tertiary/aromatic N) is 2. The van der Waals surface area contributed by atoms with E-state index in [1.807, 2.05) is 79.0 Å². The smallest absolute Gasteiger partial charge is 0.0786 e. The minimum absolute atomic E-state index is 0.0977. The summed E-state index contributed by atoms with van der Waals surface area (Å²) in [4.78, 5) is 6.67. The lowest BCUT2D eigenvalue weighted by Gasteiger charge is -2.25. The number of benzene rings is 8. The lowest BCUT2D eigenvalue weighted by molar-refractivity contribution is 1.28. The van der Waals surface area contributed by atoms with Gasteiger partial charge in [-0.25, -0.2) is 0 Å². The zero-order valence-corrected chi connectivity index (χ0v) is 26.5. The number of rotatable bonds is 6. The van der Waals surface area contributed by atoms with Crippen LogP contribution in [0.25, 0.3) is 65.8 Å². The summed E-state index contributed by atoms with van der Waals surface area (Å²) in [7, 11) is 0. The van der Waals surface area contributed by atoms with E-state index in [9.17, 15) is 0 Å². The number of hydrogen-bond acceptors (Lipinski definition) is 2. The predicted molar refractivity (Wildman–Crippen MR) is 208 cm³/mol. The first-order valence-electron chi connectivity index (χ1n) is 18.8. The normalized spacial score (nSPS) is 12.7. The van der Waals surface area contributed by atoms with Crippen LogP contribution in [0.1, 0.15) is 6.85 Å². The van der Waals surface area contributed by atoms with Crippen molar-refractivity contribution in [3.05, 3.63) is 194 Å². The average molecular weight is 630 g/mol. The van der Waals surface area contributed by atoms with Crippen LogP contribution in [0.4, 0.5) is 17.1 Å². The first-order chi connectivity index (χ1) is 26.4. The highest BCUT2D eigenvalue weighted by Crippen LogP contribution is 2.47. The summed E-state index contributed by atoms with van der Waals surface area (Å²) >= 11 is 0. The van der Waals surface area contributed by atoms with E-state index in [0.717, 1.165) is 65.8 Å². The molecule has 0 fully saturated rings. The zero-order chi connectivity index (χ0) is 36.9. The molecule has 49 heavy (non-hydrogen) atoms. The summed E-state index contributed by atoms with van der Waals surface area (Å²) < 4.78 is 42.4. The SMILES string of the molecule is [2H]c1c([2H])c([2H])c(N(c2ccccc2)c2ccc(-c3ccc4c(-c5ccccc5)c5c(ccc6cccnc65)c(-c5ccccc5)c4c3)cc2)c([2H])c1[2H]. The van der Waals surface area contributed by atoms with E-state index < -0.39 is 6.04 Å². The number of fused-ring (bicyclic) bond motifs is 4. The number of aromatic nitrogens is 1. The number of anilines is 3. The highest BCUT2D eigenvalue weighted by Gasteiger charge is 2.20. The second-order valence-electron chi connectivity index (χ2n) is 12.0. The van der Waals surface area contributed by atoms with Gasteiger partial charge in [-0.1, -0.05) is 139 Å². The van der Waals surface area contributed by atoms with Crippen molar-refractivity contribution in [2.45, 2.75) is 0 Å². The molecule has 0 aliphatic carbocycles. The molecule has 0 aliphatic heterocycles. The van der Waals surface area contributed by atoms with Gasteiger partial charge in [-0.05, 0) is 98.0 Å². The first-order valence-corrected chi connectivity index (χ1v) is 16.3. The van der Waals surface area contributed by atoms with Gasteiger partial charge in [-0.2, -0.15) is 0 Å².